The molecule has 0 amide bonds. The van der Waals surface area contributed by atoms with Gasteiger partial charge in [-0.15, -0.1) is 0 Å². The second-order valence-electron chi connectivity index (χ2n) is 5.63. The lowest BCUT2D eigenvalue weighted by molar-refractivity contribution is 0.240. The lowest BCUT2D eigenvalue weighted by atomic mass is 10.0. The first kappa shape index (κ1) is 18.0. The normalized spacial score (nSPS) is 12.1. The monoisotopic (exact) mass is 313 g/mol. The SMILES string of the molecule is CCC(CC)CNS(=O)(=O)c1ccc(OC(C)C)c(C)c1. The molecule has 0 aliphatic rings. The fourth-order valence-electron chi connectivity index (χ4n) is 2.06. The van der Waals surface area contributed by atoms with Crippen LogP contribution < -0.4 is 9.46 Å². The van der Waals surface area contributed by atoms with Gasteiger partial charge in [-0.1, -0.05) is 26.7 Å². The predicted molar refractivity (Wildman–Crippen MR) is 86.2 cm³/mol. The van der Waals surface area contributed by atoms with Crippen molar-refractivity contribution in [2.75, 3.05) is 6.54 Å². The summed E-state index contributed by atoms with van der Waals surface area (Å²) >= 11 is 0. The van der Waals surface area contributed by atoms with E-state index in [0.29, 0.717) is 17.4 Å². The maximum absolute atomic E-state index is 12.3. The molecule has 21 heavy (non-hydrogen) atoms. The zero-order chi connectivity index (χ0) is 16.0. The van der Waals surface area contributed by atoms with Gasteiger partial charge in [0.1, 0.15) is 5.75 Å². The minimum absolute atomic E-state index is 0.0687. The summed E-state index contributed by atoms with van der Waals surface area (Å²) in [6, 6.07) is 4.98. The van der Waals surface area contributed by atoms with Crippen LogP contribution in [0.2, 0.25) is 0 Å². The number of hydrogen-bond acceptors (Lipinski definition) is 3. The molecule has 4 nitrogen and oxygen atoms in total. The molecule has 1 rings (SSSR count). The van der Waals surface area contributed by atoms with E-state index in [2.05, 4.69) is 18.6 Å². The van der Waals surface area contributed by atoms with Crippen molar-refractivity contribution in [2.24, 2.45) is 5.92 Å². The zero-order valence-corrected chi connectivity index (χ0v) is 14.5. The number of ether oxygens (including phenoxy) is 1. The number of sulfonamides is 1. The molecule has 0 bridgehead atoms. The van der Waals surface area contributed by atoms with E-state index in [4.69, 9.17) is 4.74 Å². The first-order chi connectivity index (χ1) is 9.80. The summed E-state index contributed by atoms with van der Waals surface area (Å²) in [5.74, 6) is 1.10. The van der Waals surface area contributed by atoms with Crippen molar-refractivity contribution in [2.45, 2.75) is 58.5 Å². The Kier molecular flexibility index (Phi) is 6.68. The third-order valence-corrected chi connectivity index (χ3v) is 4.96. The van der Waals surface area contributed by atoms with Crippen molar-refractivity contribution in [3.05, 3.63) is 23.8 Å². The van der Waals surface area contributed by atoms with Gasteiger partial charge in [-0.25, -0.2) is 13.1 Å². The van der Waals surface area contributed by atoms with E-state index in [1.54, 1.807) is 18.2 Å². The summed E-state index contributed by atoms with van der Waals surface area (Å²) in [4.78, 5) is 0.294. The van der Waals surface area contributed by atoms with Crippen LogP contribution in [0.4, 0.5) is 0 Å². The molecule has 0 unspecified atom stereocenters. The van der Waals surface area contributed by atoms with Crippen LogP contribution in [-0.2, 0) is 10.0 Å². The van der Waals surface area contributed by atoms with E-state index in [9.17, 15) is 8.42 Å². The molecular formula is C16H27NO3S. The van der Waals surface area contributed by atoms with E-state index < -0.39 is 10.0 Å². The van der Waals surface area contributed by atoms with Gasteiger partial charge in [-0.05, 0) is 50.5 Å². The summed E-state index contributed by atoms with van der Waals surface area (Å²) in [7, 11) is -3.45. The predicted octanol–water partition coefficient (Wildman–Crippen LogP) is 3.50. The van der Waals surface area contributed by atoms with E-state index >= 15 is 0 Å². The Morgan fingerprint density at radius 1 is 1.19 bits per heavy atom. The van der Waals surface area contributed by atoms with Crippen LogP contribution in [0.25, 0.3) is 0 Å². The molecule has 1 aromatic carbocycles. The number of hydrogen-bond donors (Lipinski definition) is 1. The second kappa shape index (κ2) is 7.80. The van der Waals surface area contributed by atoms with Crippen molar-refractivity contribution in [3.8, 4) is 5.75 Å². The molecule has 0 saturated carbocycles. The average molecular weight is 313 g/mol. The third kappa shape index (κ3) is 5.32. The summed E-state index contributed by atoms with van der Waals surface area (Å²) in [5.41, 5.74) is 0.828. The van der Waals surface area contributed by atoms with Gasteiger partial charge in [-0.3, -0.25) is 0 Å². The standard InChI is InChI=1S/C16H27NO3S/c1-6-14(7-2)11-17-21(18,19)15-8-9-16(13(5)10-15)20-12(3)4/h8-10,12,14,17H,6-7,11H2,1-5H3. The van der Waals surface area contributed by atoms with Gasteiger partial charge in [-0.2, -0.15) is 0 Å². The van der Waals surface area contributed by atoms with E-state index in [1.165, 1.54) is 0 Å². The summed E-state index contributed by atoms with van der Waals surface area (Å²) in [6.07, 6.45) is 2.01. The fraction of sp³-hybridized carbons (Fsp3) is 0.625. The lowest BCUT2D eigenvalue weighted by Crippen LogP contribution is -2.29. The van der Waals surface area contributed by atoms with Crippen molar-refractivity contribution in [1.82, 2.24) is 4.72 Å². The van der Waals surface area contributed by atoms with Gasteiger partial charge < -0.3 is 4.74 Å². The minimum Gasteiger partial charge on any atom is -0.491 e. The Morgan fingerprint density at radius 2 is 1.81 bits per heavy atom. The maximum atomic E-state index is 12.3. The van der Waals surface area contributed by atoms with Gasteiger partial charge in [0.2, 0.25) is 10.0 Å². The van der Waals surface area contributed by atoms with E-state index in [-0.39, 0.29) is 6.10 Å². The van der Waals surface area contributed by atoms with Gasteiger partial charge >= 0.3 is 0 Å². The third-order valence-electron chi connectivity index (χ3n) is 3.54. The van der Waals surface area contributed by atoms with Crippen LogP contribution in [0, 0.1) is 12.8 Å². The van der Waals surface area contributed by atoms with Crippen molar-refractivity contribution >= 4 is 10.0 Å². The summed E-state index contributed by atoms with van der Waals surface area (Å²) in [5, 5.41) is 0. The van der Waals surface area contributed by atoms with Crippen molar-refractivity contribution < 1.29 is 13.2 Å². The smallest absolute Gasteiger partial charge is 0.240 e. The highest BCUT2D eigenvalue weighted by atomic mass is 32.2. The van der Waals surface area contributed by atoms with Gasteiger partial charge in [0.05, 0.1) is 11.0 Å². The lowest BCUT2D eigenvalue weighted by Gasteiger charge is -2.15. The molecule has 0 aromatic heterocycles. The molecule has 0 heterocycles. The number of benzene rings is 1. The topological polar surface area (TPSA) is 55.4 Å². The molecular weight excluding hydrogens is 286 g/mol. The fourth-order valence-corrected chi connectivity index (χ4v) is 3.26. The first-order valence-electron chi connectivity index (χ1n) is 7.57. The number of rotatable bonds is 8. The molecule has 0 spiro atoms. The van der Waals surface area contributed by atoms with E-state index in [0.717, 1.165) is 24.2 Å². The van der Waals surface area contributed by atoms with Crippen LogP contribution >= 0.6 is 0 Å². The van der Waals surface area contributed by atoms with Gasteiger partial charge in [0.25, 0.3) is 0 Å². The van der Waals surface area contributed by atoms with Crippen molar-refractivity contribution in [1.29, 1.82) is 0 Å². The number of aryl methyl sites for hydroxylation is 1. The Hall–Kier alpha value is -1.07. The number of nitrogens with one attached hydrogen (secondary N) is 1. The van der Waals surface area contributed by atoms with Crippen molar-refractivity contribution in [3.63, 3.8) is 0 Å². The van der Waals surface area contributed by atoms with E-state index in [1.807, 2.05) is 20.8 Å². The molecule has 0 fully saturated rings. The Bertz CT molecular complexity index is 549. The quantitative estimate of drug-likeness (QED) is 0.799. The highest BCUT2D eigenvalue weighted by Gasteiger charge is 2.17. The minimum atomic E-state index is -3.45. The molecule has 5 heteroatoms. The van der Waals surface area contributed by atoms with Crippen LogP contribution in [0.3, 0.4) is 0 Å². The van der Waals surface area contributed by atoms with Gasteiger partial charge in [0.15, 0.2) is 0 Å². The molecule has 120 valence electrons. The molecule has 0 aliphatic carbocycles. The maximum Gasteiger partial charge on any atom is 0.240 e. The Labute approximate surface area is 129 Å². The average Bonchev–Trinajstić information content (AvgIpc) is 2.41. The summed E-state index contributed by atoms with van der Waals surface area (Å²) < 4.78 is 32.9. The first-order valence-corrected chi connectivity index (χ1v) is 9.05. The van der Waals surface area contributed by atoms with Crippen LogP contribution in [0.5, 0.6) is 5.75 Å². The second-order valence-corrected chi connectivity index (χ2v) is 7.40. The van der Waals surface area contributed by atoms with Crippen LogP contribution in [0.15, 0.2) is 23.1 Å². The Morgan fingerprint density at radius 3 is 2.29 bits per heavy atom. The summed E-state index contributed by atoms with van der Waals surface area (Å²) in [6.45, 7) is 10.4. The van der Waals surface area contributed by atoms with Crippen LogP contribution in [0.1, 0.15) is 46.1 Å². The molecule has 0 aliphatic heterocycles. The van der Waals surface area contributed by atoms with Gasteiger partial charge in [0, 0.05) is 6.54 Å². The highest BCUT2D eigenvalue weighted by Crippen LogP contribution is 2.23. The highest BCUT2D eigenvalue weighted by molar-refractivity contribution is 7.89. The molecule has 0 atom stereocenters. The zero-order valence-electron chi connectivity index (χ0n) is 13.6. The molecule has 1 aromatic rings. The largest absolute Gasteiger partial charge is 0.491 e. The molecule has 0 saturated heterocycles. The molecule has 0 radical (unpaired) electrons. The molecule has 1 N–H and O–H groups in total. The van der Waals surface area contributed by atoms with Crippen LogP contribution in [-0.4, -0.2) is 21.1 Å². The Balaban J connectivity index is 2.86.